The van der Waals surface area contributed by atoms with Crippen LogP contribution >= 0.6 is 0 Å². The van der Waals surface area contributed by atoms with Gasteiger partial charge in [-0.2, -0.15) is 0 Å². The maximum Gasteiger partial charge on any atom is 0.303 e. The Morgan fingerprint density at radius 2 is 1.71 bits per heavy atom. The smallest absolute Gasteiger partial charge is 0.303 e. The van der Waals surface area contributed by atoms with Crippen LogP contribution in [0.2, 0.25) is 0 Å². The quantitative estimate of drug-likeness (QED) is 0.601. The Hall–Kier alpha value is -1.92. The summed E-state index contributed by atoms with van der Waals surface area (Å²) in [4.78, 5) is 22.2. The van der Waals surface area contributed by atoms with Gasteiger partial charge in [0, 0.05) is 31.7 Å². The monoisotopic (exact) mass is 337 g/mol. The number of carbonyl (C=O) groups excluding carboxylic acids is 1. The molecule has 0 atom stereocenters. The molecule has 1 aromatic heterocycles. The number of carboxylic acids is 1. The molecule has 1 fully saturated rings. The fourth-order valence-electron chi connectivity index (χ4n) is 2.98. The van der Waals surface area contributed by atoms with Crippen molar-refractivity contribution >= 4 is 11.9 Å². The predicted molar refractivity (Wildman–Crippen MR) is 87.5 cm³/mol. The molecule has 1 aromatic rings. The lowest BCUT2D eigenvalue weighted by atomic mass is 9.80. The van der Waals surface area contributed by atoms with Crippen molar-refractivity contribution < 1.29 is 19.1 Å². The summed E-state index contributed by atoms with van der Waals surface area (Å²) >= 11 is 0. The third kappa shape index (κ3) is 6.29. The topological polar surface area (TPSA) is 105 Å². The Morgan fingerprint density at radius 1 is 1.08 bits per heavy atom. The van der Waals surface area contributed by atoms with Crippen LogP contribution in [0.25, 0.3) is 0 Å². The van der Waals surface area contributed by atoms with Gasteiger partial charge >= 0.3 is 5.97 Å². The van der Waals surface area contributed by atoms with Crippen LogP contribution < -0.4 is 5.32 Å². The maximum absolute atomic E-state index is 11.9. The lowest BCUT2D eigenvalue weighted by Gasteiger charge is -2.33. The largest absolute Gasteiger partial charge is 0.481 e. The van der Waals surface area contributed by atoms with Gasteiger partial charge in [-0.05, 0) is 25.7 Å². The number of aryl methyl sites for hydroxylation is 1. The van der Waals surface area contributed by atoms with E-state index in [2.05, 4.69) is 15.5 Å². The van der Waals surface area contributed by atoms with Crippen LogP contribution in [-0.2, 0) is 9.59 Å². The van der Waals surface area contributed by atoms with E-state index in [0.717, 1.165) is 51.4 Å². The molecule has 0 unspecified atom stereocenters. The van der Waals surface area contributed by atoms with Gasteiger partial charge in [0.15, 0.2) is 0 Å². The van der Waals surface area contributed by atoms with Crippen molar-refractivity contribution in [2.45, 2.75) is 83.1 Å². The fourth-order valence-corrected chi connectivity index (χ4v) is 2.98. The first-order valence-electron chi connectivity index (χ1n) is 8.85. The Labute approximate surface area is 142 Å². The number of hydrogen-bond acceptors (Lipinski definition) is 5. The van der Waals surface area contributed by atoms with Crippen LogP contribution in [-0.4, -0.2) is 33.2 Å². The molecule has 1 aliphatic rings. The number of aliphatic carboxylic acids is 1. The molecule has 2 rings (SSSR count). The van der Waals surface area contributed by atoms with Gasteiger partial charge < -0.3 is 14.8 Å². The van der Waals surface area contributed by atoms with Crippen LogP contribution in [0.4, 0.5) is 0 Å². The summed E-state index contributed by atoms with van der Waals surface area (Å²) in [5.74, 6) is 0.939. The highest BCUT2D eigenvalue weighted by atomic mass is 16.4. The van der Waals surface area contributed by atoms with Crippen molar-refractivity contribution in [3.8, 4) is 0 Å². The van der Waals surface area contributed by atoms with Crippen LogP contribution in [0.3, 0.4) is 0 Å². The summed E-state index contributed by atoms with van der Waals surface area (Å²) in [5.41, 5.74) is 0. The second-order valence-corrected chi connectivity index (χ2v) is 6.61. The Morgan fingerprint density at radius 3 is 2.29 bits per heavy atom. The summed E-state index contributed by atoms with van der Waals surface area (Å²) in [7, 11) is 0. The van der Waals surface area contributed by atoms with Gasteiger partial charge in [-0.25, -0.2) is 0 Å². The molecule has 7 heteroatoms. The molecule has 24 heavy (non-hydrogen) atoms. The minimum absolute atomic E-state index is 0.117. The SMILES string of the molecule is Cc1nnc(C2CC(NC(=O)CCCCCCCCC(=O)O)C2)o1. The maximum atomic E-state index is 11.9. The van der Waals surface area contributed by atoms with E-state index in [0.29, 0.717) is 18.2 Å². The third-order valence-electron chi connectivity index (χ3n) is 4.44. The number of rotatable bonds is 11. The molecule has 0 aliphatic heterocycles. The van der Waals surface area contributed by atoms with Crippen LogP contribution in [0.1, 0.15) is 81.9 Å². The van der Waals surface area contributed by atoms with Gasteiger partial charge in [-0.1, -0.05) is 25.7 Å². The van der Waals surface area contributed by atoms with E-state index >= 15 is 0 Å². The molecule has 0 bridgehead atoms. The normalized spacial score (nSPS) is 19.7. The molecule has 134 valence electrons. The molecule has 0 radical (unpaired) electrons. The minimum atomic E-state index is -0.723. The average Bonchev–Trinajstić information content (AvgIpc) is 2.91. The molecule has 1 amide bonds. The van der Waals surface area contributed by atoms with E-state index in [-0.39, 0.29) is 24.3 Å². The first-order valence-corrected chi connectivity index (χ1v) is 8.85. The average molecular weight is 337 g/mol. The molecule has 7 nitrogen and oxygen atoms in total. The highest BCUT2D eigenvalue weighted by Crippen LogP contribution is 2.36. The zero-order chi connectivity index (χ0) is 17.4. The lowest BCUT2D eigenvalue weighted by Crippen LogP contribution is -2.43. The molecule has 0 aromatic carbocycles. The van der Waals surface area contributed by atoms with Gasteiger partial charge in [-0.3, -0.25) is 9.59 Å². The molecule has 0 spiro atoms. The van der Waals surface area contributed by atoms with Crippen LogP contribution in [0, 0.1) is 6.92 Å². The molecule has 1 heterocycles. The number of aromatic nitrogens is 2. The zero-order valence-electron chi connectivity index (χ0n) is 14.3. The van der Waals surface area contributed by atoms with E-state index < -0.39 is 5.97 Å². The van der Waals surface area contributed by atoms with Crippen molar-refractivity contribution in [2.75, 3.05) is 0 Å². The summed E-state index contributed by atoms with van der Waals surface area (Å²) in [5, 5.41) is 19.4. The second-order valence-electron chi connectivity index (χ2n) is 6.61. The molecular weight excluding hydrogens is 310 g/mol. The molecule has 1 saturated carbocycles. The Bertz CT molecular complexity index is 538. The highest BCUT2D eigenvalue weighted by Gasteiger charge is 2.34. The molecule has 2 N–H and O–H groups in total. The van der Waals surface area contributed by atoms with Gasteiger partial charge in [0.05, 0.1) is 0 Å². The van der Waals surface area contributed by atoms with Crippen molar-refractivity contribution in [3.05, 3.63) is 11.8 Å². The third-order valence-corrected chi connectivity index (χ3v) is 4.44. The standard InChI is InChI=1S/C17H27N3O4/c1-12-19-20-17(24-12)13-10-14(11-13)18-15(21)8-6-4-2-3-5-7-9-16(22)23/h13-14H,2-11H2,1H3,(H,18,21)(H,22,23). The van der Waals surface area contributed by atoms with E-state index in [9.17, 15) is 9.59 Å². The summed E-state index contributed by atoms with van der Waals surface area (Å²) in [6.45, 7) is 1.78. The number of carbonyl (C=O) groups is 2. The van der Waals surface area contributed by atoms with Crippen molar-refractivity contribution in [1.29, 1.82) is 0 Å². The number of unbranched alkanes of at least 4 members (excludes halogenated alkanes) is 5. The number of amides is 1. The van der Waals surface area contributed by atoms with Gasteiger partial charge in [-0.15, -0.1) is 10.2 Å². The summed E-state index contributed by atoms with van der Waals surface area (Å²) < 4.78 is 5.41. The summed E-state index contributed by atoms with van der Waals surface area (Å²) in [6, 6.07) is 0.228. The number of nitrogens with zero attached hydrogens (tertiary/aromatic N) is 2. The molecule has 1 aliphatic carbocycles. The van der Waals surface area contributed by atoms with E-state index in [1.165, 1.54) is 0 Å². The van der Waals surface area contributed by atoms with Gasteiger partial charge in [0.2, 0.25) is 17.7 Å². The number of carboxylic acid groups (broad SMARTS) is 1. The first-order chi connectivity index (χ1) is 11.5. The number of hydrogen-bond donors (Lipinski definition) is 2. The molecule has 0 saturated heterocycles. The van der Waals surface area contributed by atoms with E-state index in [4.69, 9.17) is 9.52 Å². The van der Waals surface area contributed by atoms with E-state index in [1.807, 2.05) is 0 Å². The fraction of sp³-hybridized carbons (Fsp3) is 0.765. The Kier molecular flexibility index (Phi) is 7.21. The summed E-state index contributed by atoms with van der Waals surface area (Å²) in [6.07, 6.45) is 8.30. The molecular formula is C17H27N3O4. The lowest BCUT2D eigenvalue weighted by molar-refractivity contribution is -0.137. The van der Waals surface area contributed by atoms with Crippen molar-refractivity contribution in [1.82, 2.24) is 15.5 Å². The first kappa shape index (κ1) is 18.4. The van der Waals surface area contributed by atoms with Crippen molar-refractivity contribution in [3.63, 3.8) is 0 Å². The number of nitrogens with one attached hydrogen (secondary N) is 1. The van der Waals surface area contributed by atoms with Crippen LogP contribution in [0.15, 0.2) is 4.42 Å². The second kappa shape index (κ2) is 9.39. The van der Waals surface area contributed by atoms with Gasteiger partial charge in [0.25, 0.3) is 0 Å². The van der Waals surface area contributed by atoms with Gasteiger partial charge in [0.1, 0.15) is 0 Å². The minimum Gasteiger partial charge on any atom is -0.481 e. The highest BCUT2D eigenvalue weighted by molar-refractivity contribution is 5.76. The van der Waals surface area contributed by atoms with Crippen LogP contribution in [0.5, 0.6) is 0 Å². The Balaban J connectivity index is 1.44. The van der Waals surface area contributed by atoms with E-state index in [1.54, 1.807) is 6.92 Å². The zero-order valence-corrected chi connectivity index (χ0v) is 14.3. The predicted octanol–water partition coefficient (Wildman–Crippen LogP) is 2.95. The van der Waals surface area contributed by atoms with Crippen molar-refractivity contribution in [2.24, 2.45) is 0 Å².